The molecule has 4 atom stereocenters. The van der Waals surface area contributed by atoms with E-state index < -0.39 is 35.1 Å². The molecular weight excluding hydrogens is 356 g/mol. The maximum atomic E-state index is 12.3. The first-order valence-corrected chi connectivity index (χ1v) is 8.44. The molecule has 0 amide bonds. The zero-order valence-electron chi connectivity index (χ0n) is 14.6. The Kier molecular flexibility index (Phi) is 5.49. The van der Waals surface area contributed by atoms with Gasteiger partial charge in [0.1, 0.15) is 18.1 Å². The van der Waals surface area contributed by atoms with Crippen LogP contribution in [-0.4, -0.2) is 43.5 Å². The second-order valence-electron chi connectivity index (χ2n) is 6.30. The molecule has 0 saturated carbocycles. The van der Waals surface area contributed by atoms with E-state index in [1.807, 2.05) is 0 Å². The normalized spacial score (nSPS) is 23.1. The van der Waals surface area contributed by atoms with Gasteiger partial charge < -0.3 is 20.3 Å². The van der Waals surface area contributed by atoms with Gasteiger partial charge in [-0.25, -0.2) is 4.79 Å². The molecule has 1 fully saturated rings. The van der Waals surface area contributed by atoms with Crippen LogP contribution in [0.5, 0.6) is 0 Å². The smallest absolute Gasteiger partial charge is 0.351 e. The number of aromatic nitrogens is 2. The molecule has 2 aromatic rings. The highest BCUT2D eigenvalue weighted by Gasteiger charge is 2.35. The van der Waals surface area contributed by atoms with Gasteiger partial charge in [-0.3, -0.25) is 14.7 Å². The van der Waals surface area contributed by atoms with E-state index in [-0.39, 0.29) is 24.5 Å². The van der Waals surface area contributed by atoms with Gasteiger partial charge in [-0.05, 0) is 13.0 Å². The Balaban J connectivity index is 1.77. The van der Waals surface area contributed by atoms with Crippen molar-refractivity contribution in [3.63, 3.8) is 0 Å². The summed E-state index contributed by atoms with van der Waals surface area (Å²) in [5.74, 6) is 0.263. The molecule has 1 saturated heterocycles. The summed E-state index contributed by atoms with van der Waals surface area (Å²) in [5, 5.41) is 33.1. The van der Waals surface area contributed by atoms with Gasteiger partial charge in [0.2, 0.25) is 0 Å². The highest BCUT2D eigenvalue weighted by Crippen LogP contribution is 2.28. The van der Waals surface area contributed by atoms with E-state index in [0.29, 0.717) is 5.56 Å². The molecule has 2 unspecified atom stereocenters. The number of nitro groups is 1. The molecule has 3 N–H and O–H groups in total. The first-order chi connectivity index (χ1) is 12.9. The fraction of sp³-hybridized carbons (Fsp3) is 0.412. The Morgan fingerprint density at radius 2 is 2.19 bits per heavy atom. The fourth-order valence-electron chi connectivity index (χ4n) is 3.08. The second-order valence-corrected chi connectivity index (χ2v) is 6.30. The highest BCUT2D eigenvalue weighted by molar-refractivity contribution is 5.46. The molecule has 1 aromatic heterocycles. The predicted molar refractivity (Wildman–Crippen MR) is 95.3 cm³/mol. The average molecular weight is 376 g/mol. The number of nitrogens with one attached hydrogen (secondary N) is 1. The molecular formula is C17H20N4O6. The second kappa shape index (κ2) is 7.82. The van der Waals surface area contributed by atoms with Gasteiger partial charge >= 0.3 is 5.69 Å². The molecule has 1 aliphatic rings. The number of rotatable bonds is 6. The molecule has 27 heavy (non-hydrogen) atoms. The predicted octanol–water partition coefficient (Wildman–Crippen LogP) is 0.965. The maximum Gasteiger partial charge on any atom is 0.351 e. The monoisotopic (exact) mass is 376 g/mol. The van der Waals surface area contributed by atoms with E-state index in [1.54, 1.807) is 31.2 Å². The van der Waals surface area contributed by atoms with E-state index >= 15 is 0 Å². The largest absolute Gasteiger partial charge is 0.394 e. The number of aliphatic hydroxyl groups excluding tert-OH is 2. The van der Waals surface area contributed by atoms with Crippen molar-refractivity contribution in [3.8, 4) is 0 Å². The summed E-state index contributed by atoms with van der Waals surface area (Å²) in [7, 11) is 0. The quantitative estimate of drug-likeness (QED) is 0.500. The Bertz CT molecular complexity index is 886. The molecule has 1 aliphatic heterocycles. The van der Waals surface area contributed by atoms with E-state index in [0.717, 1.165) is 0 Å². The fourth-order valence-corrected chi connectivity index (χ4v) is 3.08. The molecule has 1 aromatic carbocycles. The zero-order valence-corrected chi connectivity index (χ0v) is 14.6. The number of para-hydroxylation sites is 1. The lowest BCUT2D eigenvalue weighted by molar-refractivity contribution is -0.385. The van der Waals surface area contributed by atoms with E-state index in [1.165, 1.54) is 16.8 Å². The lowest BCUT2D eigenvalue weighted by Gasteiger charge is -2.17. The van der Waals surface area contributed by atoms with E-state index in [9.17, 15) is 20.0 Å². The van der Waals surface area contributed by atoms with Gasteiger partial charge in [0, 0.05) is 18.7 Å². The third kappa shape index (κ3) is 3.97. The van der Waals surface area contributed by atoms with Crippen molar-refractivity contribution < 1.29 is 19.9 Å². The molecule has 10 heteroatoms. The molecule has 2 heterocycles. The van der Waals surface area contributed by atoms with Crippen LogP contribution in [0.4, 0.5) is 11.5 Å². The lowest BCUT2D eigenvalue weighted by Crippen LogP contribution is -2.28. The van der Waals surface area contributed by atoms with Crippen molar-refractivity contribution in [1.82, 2.24) is 9.55 Å². The standard InChI is InChI=1S/C17H20N4O6/c1-10(11-4-2-3-5-12(11)21(25)26)18-15-6-7-20(17(24)19-15)16-8-13(23)14(9-22)27-16/h2-7,10,13-14,16,22-23H,8-9H2,1H3,(H,18,19,24)/t10?,13?,14-,16-/m1/s1. The molecule has 10 nitrogen and oxygen atoms in total. The van der Waals surface area contributed by atoms with Gasteiger partial charge in [-0.1, -0.05) is 18.2 Å². The Hall–Kier alpha value is -2.82. The van der Waals surface area contributed by atoms with Crippen LogP contribution in [0.25, 0.3) is 0 Å². The summed E-state index contributed by atoms with van der Waals surface area (Å²) >= 11 is 0. The minimum Gasteiger partial charge on any atom is -0.394 e. The van der Waals surface area contributed by atoms with Crippen molar-refractivity contribution in [3.05, 3.63) is 62.7 Å². The third-order valence-corrected chi connectivity index (χ3v) is 4.49. The number of benzene rings is 1. The molecule has 0 bridgehead atoms. The molecule has 0 radical (unpaired) electrons. The molecule has 3 rings (SSSR count). The summed E-state index contributed by atoms with van der Waals surface area (Å²) in [6, 6.07) is 7.45. The number of anilines is 1. The van der Waals surface area contributed by atoms with Crippen LogP contribution in [0.2, 0.25) is 0 Å². The van der Waals surface area contributed by atoms with Gasteiger partial charge in [0.25, 0.3) is 5.69 Å². The summed E-state index contributed by atoms with van der Waals surface area (Å²) in [6.45, 7) is 1.39. The van der Waals surface area contributed by atoms with Crippen LogP contribution in [0, 0.1) is 10.1 Å². The Morgan fingerprint density at radius 1 is 1.44 bits per heavy atom. The summed E-state index contributed by atoms with van der Waals surface area (Å²) in [6.07, 6.45) is -0.659. The number of aliphatic hydroxyl groups is 2. The van der Waals surface area contributed by atoms with Crippen LogP contribution in [0.3, 0.4) is 0 Å². The maximum absolute atomic E-state index is 12.3. The number of ether oxygens (including phenoxy) is 1. The Morgan fingerprint density at radius 3 is 2.81 bits per heavy atom. The number of nitro benzene ring substituents is 1. The van der Waals surface area contributed by atoms with Crippen molar-refractivity contribution in [2.24, 2.45) is 0 Å². The van der Waals surface area contributed by atoms with Crippen LogP contribution in [-0.2, 0) is 4.74 Å². The summed E-state index contributed by atoms with van der Waals surface area (Å²) < 4.78 is 6.69. The average Bonchev–Trinajstić information content (AvgIpc) is 3.02. The van der Waals surface area contributed by atoms with E-state index in [4.69, 9.17) is 9.84 Å². The molecule has 144 valence electrons. The van der Waals surface area contributed by atoms with Crippen molar-refractivity contribution in [2.75, 3.05) is 11.9 Å². The Labute approximate surface area is 154 Å². The van der Waals surface area contributed by atoms with E-state index in [2.05, 4.69) is 10.3 Å². The van der Waals surface area contributed by atoms with Crippen molar-refractivity contribution in [2.45, 2.75) is 37.8 Å². The topological polar surface area (TPSA) is 140 Å². The van der Waals surface area contributed by atoms with Crippen molar-refractivity contribution >= 4 is 11.5 Å². The van der Waals surface area contributed by atoms with Crippen LogP contribution in [0.1, 0.15) is 31.2 Å². The number of nitrogens with zero attached hydrogens (tertiary/aromatic N) is 3. The van der Waals surface area contributed by atoms with Gasteiger partial charge in [0.15, 0.2) is 0 Å². The molecule has 0 aliphatic carbocycles. The van der Waals surface area contributed by atoms with Gasteiger partial charge in [0.05, 0.1) is 29.2 Å². The van der Waals surface area contributed by atoms with Crippen LogP contribution >= 0.6 is 0 Å². The summed E-state index contributed by atoms with van der Waals surface area (Å²) in [5.41, 5.74) is -0.138. The van der Waals surface area contributed by atoms with Crippen molar-refractivity contribution in [1.29, 1.82) is 0 Å². The first-order valence-electron chi connectivity index (χ1n) is 8.44. The SMILES string of the molecule is CC(Nc1ccn([C@H]2CC(O)[C@@H](CO)O2)c(=O)n1)c1ccccc1[N+](=O)[O-]. The van der Waals surface area contributed by atoms with Gasteiger partial charge in [-0.2, -0.15) is 4.98 Å². The lowest BCUT2D eigenvalue weighted by atomic mass is 10.1. The zero-order chi connectivity index (χ0) is 19.6. The number of hydrogen-bond acceptors (Lipinski definition) is 8. The van der Waals surface area contributed by atoms with Crippen LogP contribution < -0.4 is 11.0 Å². The first kappa shape index (κ1) is 19.0. The third-order valence-electron chi connectivity index (χ3n) is 4.49. The van der Waals surface area contributed by atoms with Gasteiger partial charge in [-0.15, -0.1) is 0 Å². The molecule has 0 spiro atoms. The summed E-state index contributed by atoms with van der Waals surface area (Å²) in [4.78, 5) is 26.9. The minimum atomic E-state index is -0.858. The minimum absolute atomic E-state index is 0.0192. The van der Waals surface area contributed by atoms with Crippen LogP contribution in [0.15, 0.2) is 41.3 Å². The number of hydrogen-bond donors (Lipinski definition) is 3. The highest BCUT2D eigenvalue weighted by atomic mass is 16.6.